The number of ether oxygens (including phenoxy) is 1. The third-order valence-corrected chi connectivity index (χ3v) is 5.44. The van der Waals surface area contributed by atoms with Crippen LogP contribution >= 0.6 is 11.8 Å². The summed E-state index contributed by atoms with van der Waals surface area (Å²) in [5, 5.41) is 2.98. The average Bonchev–Trinajstić information content (AvgIpc) is 2.74. The van der Waals surface area contributed by atoms with Gasteiger partial charge in [0, 0.05) is 27.5 Å². The summed E-state index contributed by atoms with van der Waals surface area (Å²) in [6, 6.07) is 23.8. The summed E-state index contributed by atoms with van der Waals surface area (Å²) in [5.41, 5.74) is 3.70. The normalized spacial score (nSPS) is 10.5. The molecule has 4 heteroatoms. The van der Waals surface area contributed by atoms with E-state index in [4.69, 9.17) is 4.74 Å². The largest absolute Gasteiger partial charge is 0.494 e. The molecule has 0 aromatic heterocycles. The minimum Gasteiger partial charge on any atom is -0.494 e. The molecule has 0 aliphatic heterocycles. The van der Waals surface area contributed by atoms with Crippen molar-refractivity contribution < 1.29 is 9.53 Å². The molecule has 0 radical (unpaired) electrons. The van der Waals surface area contributed by atoms with Gasteiger partial charge in [-0.2, -0.15) is 0 Å². The van der Waals surface area contributed by atoms with Gasteiger partial charge in [0.1, 0.15) is 5.75 Å². The van der Waals surface area contributed by atoms with Crippen molar-refractivity contribution in [2.24, 2.45) is 0 Å². The molecule has 144 valence electrons. The van der Waals surface area contributed by atoms with Crippen molar-refractivity contribution in [3.63, 3.8) is 0 Å². The number of thioether (sulfide) groups is 1. The smallest absolute Gasteiger partial charge is 0.255 e. The lowest BCUT2D eigenvalue weighted by molar-refractivity contribution is 0.102. The van der Waals surface area contributed by atoms with Gasteiger partial charge in [-0.1, -0.05) is 37.3 Å². The van der Waals surface area contributed by atoms with Crippen molar-refractivity contribution in [2.75, 3.05) is 11.9 Å². The molecule has 1 N–H and O–H groups in total. The molecule has 0 bridgehead atoms. The molecule has 0 aliphatic carbocycles. The fraction of sp³-hybridized carbons (Fsp3) is 0.208. The Labute approximate surface area is 171 Å². The zero-order valence-electron chi connectivity index (χ0n) is 16.3. The number of benzene rings is 3. The zero-order chi connectivity index (χ0) is 19.8. The van der Waals surface area contributed by atoms with Gasteiger partial charge >= 0.3 is 0 Å². The molecule has 0 heterocycles. The summed E-state index contributed by atoms with van der Waals surface area (Å²) in [6.07, 6.45) is 0.982. The second-order valence-corrected chi connectivity index (χ2v) is 7.41. The Bertz CT molecular complexity index is 908. The molecule has 3 rings (SSSR count). The summed E-state index contributed by atoms with van der Waals surface area (Å²) in [4.78, 5) is 13.9. The van der Waals surface area contributed by atoms with Crippen LogP contribution in [0.1, 0.15) is 35.3 Å². The second kappa shape index (κ2) is 10.00. The molecular weight excluding hydrogens is 366 g/mol. The molecule has 0 unspecified atom stereocenters. The molecule has 3 aromatic carbocycles. The van der Waals surface area contributed by atoms with Crippen molar-refractivity contribution in [2.45, 2.75) is 30.9 Å². The maximum atomic E-state index is 12.7. The Morgan fingerprint density at radius 1 is 0.964 bits per heavy atom. The van der Waals surface area contributed by atoms with E-state index in [-0.39, 0.29) is 5.91 Å². The molecule has 1 amide bonds. The zero-order valence-corrected chi connectivity index (χ0v) is 17.1. The number of carbonyl (C=O) groups excluding carboxylic acids is 1. The molecule has 0 spiro atoms. The van der Waals surface area contributed by atoms with Crippen molar-refractivity contribution in [1.82, 2.24) is 0 Å². The van der Waals surface area contributed by atoms with E-state index in [0.717, 1.165) is 29.2 Å². The Balaban J connectivity index is 1.75. The number of anilines is 1. The van der Waals surface area contributed by atoms with Crippen LogP contribution in [0.25, 0.3) is 0 Å². The molecule has 0 saturated carbocycles. The Kier molecular flexibility index (Phi) is 7.15. The molecule has 0 fully saturated rings. The lowest BCUT2D eigenvalue weighted by atomic mass is 10.1. The Morgan fingerprint density at radius 3 is 2.39 bits per heavy atom. The topological polar surface area (TPSA) is 38.3 Å². The van der Waals surface area contributed by atoms with E-state index in [1.165, 1.54) is 10.5 Å². The number of nitrogens with one attached hydrogen (secondary N) is 1. The minimum absolute atomic E-state index is 0.113. The van der Waals surface area contributed by atoms with E-state index >= 15 is 0 Å². The number of rotatable bonds is 8. The second-order valence-electron chi connectivity index (χ2n) is 6.36. The van der Waals surface area contributed by atoms with Crippen LogP contribution in [0.3, 0.4) is 0 Å². The fourth-order valence-electron chi connectivity index (χ4n) is 2.83. The number of hydrogen-bond acceptors (Lipinski definition) is 3. The number of hydrogen-bond donors (Lipinski definition) is 1. The summed E-state index contributed by atoms with van der Waals surface area (Å²) < 4.78 is 5.76. The van der Waals surface area contributed by atoms with Crippen molar-refractivity contribution >= 4 is 23.4 Å². The van der Waals surface area contributed by atoms with Crippen LogP contribution in [0.4, 0.5) is 5.69 Å². The molecule has 28 heavy (non-hydrogen) atoms. The third kappa shape index (κ3) is 5.40. The van der Waals surface area contributed by atoms with Crippen LogP contribution in [0.2, 0.25) is 0 Å². The Hall–Kier alpha value is -2.72. The first-order valence-corrected chi connectivity index (χ1v) is 10.5. The maximum Gasteiger partial charge on any atom is 0.255 e. The quantitative estimate of drug-likeness (QED) is 0.465. The van der Waals surface area contributed by atoms with Crippen molar-refractivity contribution in [3.05, 3.63) is 89.5 Å². The first-order valence-electron chi connectivity index (χ1n) is 9.53. The highest BCUT2D eigenvalue weighted by molar-refractivity contribution is 7.98. The van der Waals surface area contributed by atoms with Crippen molar-refractivity contribution in [1.29, 1.82) is 0 Å². The highest BCUT2D eigenvalue weighted by atomic mass is 32.2. The highest BCUT2D eigenvalue weighted by Crippen LogP contribution is 2.29. The summed E-state index contributed by atoms with van der Waals surface area (Å²) in [5.74, 6) is 1.46. The molecule has 3 aromatic rings. The van der Waals surface area contributed by atoms with Crippen LogP contribution in [-0.4, -0.2) is 12.5 Å². The van der Waals surface area contributed by atoms with E-state index in [2.05, 4.69) is 24.4 Å². The van der Waals surface area contributed by atoms with Crippen LogP contribution in [-0.2, 0) is 12.2 Å². The molecule has 0 atom stereocenters. The van der Waals surface area contributed by atoms with Gasteiger partial charge in [-0.15, -0.1) is 11.8 Å². The van der Waals surface area contributed by atoms with E-state index in [1.54, 1.807) is 11.8 Å². The summed E-state index contributed by atoms with van der Waals surface area (Å²) in [6.45, 7) is 4.68. The van der Waals surface area contributed by atoms with Gasteiger partial charge in [0.25, 0.3) is 5.91 Å². The van der Waals surface area contributed by atoms with E-state index < -0.39 is 0 Å². The number of amides is 1. The SMILES string of the molecule is CCOc1ccc(C(=O)Nc2ccc(CC)cc2)cc1CSc1ccccc1. The third-order valence-electron chi connectivity index (χ3n) is 4.38. The lowest BCUT2D eigenvalue weighted by Gasteiger charge is -2.13. The van der Waals surface area contributed by atoms with Crippen LogP contribution in [0.5, 0.6) is 5.75 Å². The first-order chi connectivity index (χ1) is 13.7. The molecule has 0 aliphatic rings. The minimum atomic E-state index is -0.113. The van der Waals surface area contributed by atoms with Gasteiger partial charge < -0.3 is 10.1 Å². The van der Waals surface area contributed by atoms with E-state index in [9.17, 15) is 4.79 Å². The van der Waals surface area contributed by atoms with Crippen LogP contribution in [0, 0.1) is 0 Å². The first kappa shape index (κ1) is 20.0. The standard InChI is InChI=1S/C24H25NO2S/c1-3-18-10-13-21(14-11-18)25-24(26)19-12-15-23(27-4-2)20(16-19)17-28-22-8-6-5-7-9-22/h5-16H,3-4,17H2,1-2H3,(H,25,26). The molecule has 3 nitrogen and oxygen atoms in total. The van der Waals surface area contributed by atoms with Crippen LogP contribution in [0.15, 0.2) is 77.7 Å². The average molecular weight is 392 g/mol. The monoisotopic (exact) mass is 391 g/mol. The lowest BCUT2D eigenvalue weighted by Crippen LogP contribution is -2.12. The van der Waals surface area contributed by atoms with E-state index in [0.29, 0.717) is 12.2 Å². The predicted octanol–water partition coefficient (Wildman–Crippen LogP) is 6.19. The highest BCUT2D eigenvalue weighted by Gasteiger charge is 2.12. The molecule has 0 saturated heterocycles. The van der Waals surface area contributed by atoms with Crippen molar-refractivity contribution in [3.8, 4) is 5.75 Å². The van der Waals surface area contributed by atoms with Gasteiger partial charge in [0.05, 0.1) is 6.61 Å². The molecular formula is C24H25NO2S. The van der Waals surface area contributed by atoms with Gasteiger partial charge in [-0.05, 0) is 61.4 Å². The van der Waals surface area contributed by atoms with E-state index in [1.807, 2.05) is 67.6 Å². The van der Waals surface area contributed by atoms with Gasteiger partial charge in [-0.25, -0.2) is 0 Å². The number of aryl methyl sites for hydroxylation is 1. The summed E-state index contributed by atoms with van der Waals surface area (Å²) >= 11 is 1.73. The maximum absolute atomic E-state index is 12.7. The fourth-order valence-corrected chi connectivity index (χ4v) is 3.73. The van der Waals surface area contributed by atoms with Gasteiger partial charge in [0.15, 0.2) is 0 Å². The summed E-state index contributed by atoms with van der Waals surface area (Å²) in [7, 11) is 0. The Morgan fingerprint density at radius 2 is 1.71 bits per heavy atom. The van der Waals surface area contributed by atoms with Gasteiger partial charge in [-0.3, -0.25) is 4.79 Å². The van der Waals surface area contributed by atoms with Crippen LogP contribution < -0.4 is 10.1 Å². The number of carbonyl (C=O) groups is 1. The predicted molar refractivity (Wildman–Crippen MR) is 117 cm³/mol. The van der Waals surface area contributed by atoms with Gasteiger partial charge in [0.2, 0.25) is 0 Å².